The smallest absolute Gasteiger partial charge is 0.338 e. The van der Waals surface area contributed by atoms with Crippen molar-refractivity contribution in [1.82, 2.24) is 9.55 Å². The highest BCUT2D eigenvalue weighted by Crippen LogP contribution is 2.36. The molecule has 0 radical (unpaired) electrons. The fourth-order valence-electron chi connectivity index (χ4n) is 5.26. The summed E-state index contributed by atoms with van der Waals surface area (Å²) >= 11 is 1.30. The number of nitrogens with one attached hydrogen (secondary N) is 1. The minimum Gasteiger partial charge on any atom is -0.496 e. The van der Waals surface area contributed by atoms with Crippen molar-refractivity contribution in [2.45, 2.75) is 19.9 Å². The van der Waals surface area contributed by atoms with E-state index in [-0.39, 0.29) is 12.2 Å². The minimum atomic E-state index is -0.745. The number of esters is 1. The van der Waals surface area contributed by atoms with Gasteiger partial charge in [0.05, 0.1) is 35.2 Å². The number of carbonyl (C=O) groups is 1. The van der Waals surface area contributed by atoms with Gasteiger partial charge in [-0.25, -0.2) is 9.79 Å². The number of aromatic nitrogens is 2. The number of fused-ring (bicyclic) bond motifs is 2. The molecule has 6 rings (SSSR count). The molecule has 0 bridgehead atoms. The molecule has 40 heavy (non-hydrogen) atoms. The Morgan fingerprint density at radius 3 is 2.55 bits per heavy atom. The molecule has 1 atom stereocenters. The van der Waals surface area contributed by atoms with Crippen LogP contribution in [0.4, 0.5) is 0 Å². The van der Waals surface area contributed by atoms with Crippen LogP contribution in [-0.4, -0.2) is 29.2 Å². The van der Waals surface area contributed by atoms with Gasteiger partial charge in [-0.2, -0.15) is 0 Å². The fraction of sp³-hybridized carbons (Fsp3) is 0.156. The second-order valence-corrected chi connectivity index (χ2v) is 10.4. The summed E-state index contributed by atoms with van der Waals surface area (Å²) in [5.74, 6) is 0.0681. The summed E-state index contributed by atoms with van der Waals surface area (Å²) in [6, 6.07) is 24.7. The number of rotatable bonds is 6. The van der Waals surface area contributed by atoms with Crippen molar-refractivity contribution >= 4 is 34.3 Å². The van der Waals surface area contributed by atoms with E-state index < -0.39 is 12.0 Å². The van der Waals surface area contributed by atoms with Gasteiger partial charge in [0.25, 0.3) is 5.56 Å². The maximum atomic E-state index is 14.2. The number of methoxy groups -OCH3 is 1. The molecule has 0 saturated heterocycles. The van der Waals surface area contributed by atoms with Crippen molar-refractivity contribution in [3.8, 4) is 17.0 Å². The Labute approximate surface area is 234 Å². The number of aromatic amines is 1. The lowest BCUT2D eigenvalue weighted by Gasteiger charge is -2.25. The summed E-state index contributed by atoms with van der Waals surface area (Å²) in [5.41, 5.74) is 5.13. The predicted octanol–water partition coefficient (Wildman–Crippen LogP) is 4.96. The number of para-hydroxylation sites is 2. The molecule has 0 saturated carbocycles. The quantitative estimate of drug-likeness (QED) is 0.304. The molecule has 0 aliphatic carbocycles. The van der Waals surface area contributed by atoms with Crippen LogP contribution in [0.25, 0.3) is 28.2 Å². The van der Waals surface area contributed by atoms with Gasteiger partial charge >= 0.3 is 5.97 Å². The third kappa shape index (κ3) is 4.26. The van der Waals surface area contributed by atoms with Gasteiger partial charge in [-0.05, 0) is 37.6 Å². The summed E-state index contributed by atoms with van der Waals surface area (Å²) < 4.78 is 13.2. The first-order valence-corrected chi connectivity index (χ1v) is 13.8. The zero-order valence-electron chi connectivity index (χ0n) is 22.3. The van der Waals surface area contributed by atoms with E-state index in [2.05, 4.69) is 4.98 Å². The molecular weight excluding hydrogens is 522 g/mol. The van der Waals surface area contributed by atoms with Crippen molar-refractivity contribution in [3.05, 3.63) is 121 Å². The Hall–Kier alpha value is -4.69. The Balaban J connectivity index is 1.63. The van der Waals surface area contributed by atoms with Crippen LogP contribution in [0, 0.1) is 0 Å². The zero-order chi connectivity index (χ0) is 27.8. The Kier molecular flexibility index (Phi) is 6.69. The maximum absolute atomic E-state index is 14.2. The molecule has 0 spiro atoms. The van der Waals surface area contributed by atoms with Crippen LogP contribution in [0.2, 0.25) is 0 Å². The molecule has 200 valence electrons. The number of ether oxygens (including phenoxy) is 2. The van der Waals surface area contributed by atoms with Gasteiger partial charge in [-0.15, -0.1) is 0 Å². The molecule has 0 amide bonds. The van der Waals surface area contributed by atoms with Gasteiger partial charge in [0.2, 0.25) is 0 Å². The van der Waals surface area contributed by atoms with Crippen molar-refractivity contribution in [1.29, 1.82) is 0 Å². The van der Waals surface area contributed by atoms with Crippen molar-refractivity contribution in [3.63, 3.8) is 0 Å². The second-order valence-electron chi connectivity index (χ2n) is 9.37. The van der Waals surface area contributed by atoms with Gasteiger partial charge in [0.15, 0.2) is 4.80 Å². The minimum absolute atomic E-state index is 0.210. The van der Waals surface area contributed by atoms with Crippen LogP contribution in [0.15, 0.2) is 99.9 Å². The molecule has 2 aromatic heterocycles. The van der Waals surface area contributed by atoms with E-state index in [4.69, 9.17) is 14.5 Å². The largest absolute Gasteiger partial charge is 0.496 e. The summed E-state index contributed by atoms with van der Waals surface area (Å²) in [6.45, 7) is 3.74. The number of H-pyrrole nitrogens is 1. The van der Waals surface area contributed by atoms with Crippen LogP contribution in [-0.2, 0) is 9.53 Å². The summed E-state index contributed by atoms with van der Waals surface area (Å²) in [7, 11) is 1.57. The van der Waals surface area contributed by atoms with Gasteiger partial charge in [-0.3, -0.25) is 9.36 Å². The lowest BCUT2D eigenvalue weighted by Crippen LogP contribution is -2.40. The topological polar surface area (TPSA) is 85.7 Å². The molecule has 3 aromatic carbocycles. The lowest BCUT2D eigenvalue weighted by atomic mass is 9.95. The fourth-order valence-corrected chi connectivity index (χ4v) is 6.28. The number of allylic oxidation sites excluding steroid dienone is 1. The van der Waals surface area contributed by atoms with Gasteiger partial charge < -0.3 is 14.5 Å². The Bertz CT molecular complexity index is 1960. The van der Waals surface area contributed by atoms with E-state index >= 15 is 0 Å². The summed E-state index contributed by atoms with van der Waals surface area (Å²) in [6.07, 6.45) is 1.92. The van der Waals surface area contributed by atoms with E-state index in [1.165, 1.54) is 11.3 Å². The number of benzene rings is 3. The Morgan fingerprint density at radius 2 is 1.77 bits per heavy atom. The normalized spacial score (nSPS) is 15.2. The van der Waals surface area contributed by atoms with Gasteiger partial charge in [-0.1, -0.05) is 78.1 Å². The standard InChI is InChI=1S/C32H27N3O4S/c1-4-39-31(37)27-19(2)33-32-35(29(27)22-15-9-11-17-25(22)38-3)30(36)26(40-32)18-23-21-14-8-10-16-24(21)34-28(23)20-12-6-5-7-13-20/h5-18,29,34H,4H2,1-3H3/b26-18+/t29-/m0/s1. The van der Waals surface area contributed by atoms with E-state index in [9.17, 15) is 9.59 Å². The Morgan fingerprint density at radius 1 is 1.05 bits per heavy atom. The molecule has 3 heterocycles. The van der Waals surface area contributed by atoms with Crippen molar-refractivity contribution in [2.75, 3.05) is 13.7 Å². The molecular formula is C32H27N3O4S. The monoisotopic (exact) mass is 549 g/mol. The molecule has 7 nitrogen and oxygen atoms in total. The molecule has 8 heteroatoms. The van der Waals surface area contributed by atoms with Crippen LogP contribution in [0.3, 0.4) is 0 Å². The van der Waals surface area contributed by atoms with E-state index in [1.54, 1.807) is 25.5 Å². The van der Waals surface area contributed by atoms with E-state index in [1.807, 2.05) is 84.9 Å². The number of hydrogen-bond acceptors (Lipinski definition) is 6. The highest BCUT2D eigenvalue weighted by molar-refractivity contribution is 7.07. The van der Waals surface area contributed by atoms with Crippen molar-refractivity contribution < 1.29 is 14.3 Å². The average molecular weight is 550 g/mol. The third-order valence-electron chi connectivity index (χ3n) is 7.03. The van der Waals surface area contributed by atoms with Gasteiger partial charge in [0.1, 0.15) is 11.8 Å². The molecule has 0 unspecified atom stereocenters. The highest BCUT2D eigenvalue weighted by atomic mass is 32.1. The summed E-state index contributed by atoms with van der Waals surface area (Å²) in [4.78, 5) is 36.2. The number of thiazole rings is 1. The lowest BCUT2D eigenvalue weighted by molar-refractivity contribution is -0.139. The first kappa shape index (κ1) is 25.6. The molecule has 1 aliphatic heterocycles. The van der Waals surface area contributed by atoms with Crippen LogP contribution in [0.1, 0.15) is 31.0 Å². The van der Waals surface area contributed by atoms with Crippen LogP contribution < -0.4 is 19.6 Å². The first-order valence-electron chi connectivity index (χ1n) is 13.0. The first-order chi connectivity index (χ1) is 19.5. The molecule has 5 aromatic rings. The third-order valence-corrected chi connectivity index (χ3v) is 8.02. The second kappa shape index (κ2) is 10.5. The zero-order valence-corrected chi connectivity index (χ0v) is 23.1. The SMILES string of the molecule is CCOC(=O)C1=C(C)N=c2s/c(=C/c3c(-c4ccccc4)[nH]c4ccccc34)c(=O)n2[C@H]1c1ccccc1OC. The van der Waals surface area contributed by atoms with Gasteiger partial charge in [0, 0.05) is 22.0 Å². The molecule has 1 aliphatic rings. The maximum Gasteiger partial charge on any atom is 0.338 e. The predicted molar refractivity (Wildman–Crippen MR) is 157 cm³/mol. The number of carbonyl (C=O) groups excluding carboxylic acids is 1. The average Bonchev–Trinajstić information content (AvgIpc) is 3.50. The van der Waals surface area contributed by atoms with E-state index in [0.717, 1.165) is 27.7 Å². The molecule has 0 fully saturated rings. The number of hydrogen-bond donors (Lipinski definition) is 1. The molecule has 1 N–H and O–H groups in total. The summed E-state index contributed by atoms with van der Waals surface area (Å²) in [5, 5.41) is 1.01. The highest BCUT2D eigenvalue weighted by Gasteiger charge is 2.35. The number of nitrogens with zero attached hydrogens (tertiary/aromatic N) is 2. The van der Waals surface area contributed by atoms with Crippen molar-refractivity contribution in [2.24, 2.45) is 4.99 Å². The van der Waals surface area contributed by atoms with E-state index in [0.29, 0.717) is 31.9 Å². The van der Waals surface area contributed by atoms with Crippen LogP contribution >= 0.6 is 11.3 Å². The van der Waals surface area contributed by atoms with Crippen LogP contribution in [0.5, 0.6) is 5.75 Å².